The molecule has 4 heterocycles. The van der Waals surface area contributed by atoms with E-state index in [1.54, 1.807) is 18.6 Å². The summed E-state index contributed by atoms with van der Waals surface area (Å²) in [5.74, 6) is 0.970. The summed E-state index contributed by atoms with van der Waals surface area (Å²) in [6.45, 7) is 11.3. The Kier molecular flexibility index (Phi) is 6.85. The van der Waals surface area contributed by atoms with Crippen LogP contribution in [0.15, 0.2) is 48.9 Å². The summed E-state index contributed by atoms with van der Waals surface area (Å²) >= 11 is 0. The third-order valence-electron chi connectivity index (χ3n) is 6.47. The molecular weight excluding hydrogens is 506 g/mol. The first kappa shape index (κ1) is 26.6. The number of nitrogens with zero attached hydrogens (tertiary/aromatic N) is 6. The number of fused-ring (bicyclic) bond motifs is 3. The number of nitrogens with one attached hydrogen (secondary N) is 3. The predicted octanol–water partition coefficient (Wildman–Crippen LogP) is 5.34. The lowest BCUT2D eigenvalue weighted by Gasteiger charge is -2.34. The van der Waals surface area contributed by atoms with Gasteiger partial charge < -0.3 is 20.7 Å². The molecule has 0 saturated carbocycles. The predicted molar refractivity (Wildman–Crippen MR) is 151 cm³/mol. The number of carbonyl (C=O) groups excluding carboxylic acids is 1. The number of aromatic nitrogens is 5. The summed E-state index contributed by atoms with van der Waals surface area (Å²) in [7, 11) is 0. The highest BCUT2D eigenvalue weighted by molar-refractivity contribution is 5.86. The van der Waals surface area contributed by atoms with Crippen LogP contribution in [0, 0.1) is 25.2 Å². The van der Waals surface area contributed by atoms with Crippen LogP contribution in [0.5, 0.6) is 0 Å². The van der Waals surface area contributed by atoms with Gasteiger partial charge in [0.25, 0.3) is 0 Å². The van der Waals surface area contributed by atoms with Crippen LogP contribution in [0.1, 0.15) is 56.1 Å². The van der Waals surface area contributed by atoms with Crippen LogP contribution in [0.4, 0.5) is 22.1 Å². The van der Waals surface area contributed by atoms with E-state index in [1.807, 2.05) is 65.8 Å². The van der Waals surface area contributed by atoms with Crippen molar-refractivity contribution in [2.24, 2.45) is 0 Å². The van der Waals surface area contributed by atoms with E-state index in [-0.39, 0.29) is 12.1 Å². The van der Waals surface area contributed by atoms with Crippen LogP contribution in [0.25, 0.3) is 16.8 Å². The lowest BCUT2D eigenvalue weighted by molar-refractivity contribution is 0.0503. The zero-order chi connectivity index (χ0) is 28.6. The van der Waals surface area contributed by atoms with Crippen molar-refractivity contribution < 1.29 is 9.53 Å². The van der Waals surface area contributed by atoms with E-state index in [0.717, 1.165) is 27.9 Å². The van der Waals surface area contributed by atoms with E-state index in [0.29, 0.717) is 28.6 Å². The van der Waals surface area contributed by atoms with Crippen molar-refractivity contribution in [3.05, 3.63) is 71.3 Å². The Hall–Kier alpha value is -4.98. The molecule has 5 rings (SSSR count). The van der Waals surface area contributed by atoms with Gasteiger partial charge in [-0.3, -0.25) is 4.98 Å². The molecule has 0 fully saturated rings. The molecule has 0 bridgehead atoms. The van der Waals surface area contributed by atoms with Crippen molar-refractivity contribution >= 4 is 23.4 Å². The number of pyridine rings is 2. The summed E-state index contributed by atoms with van der Waals surface area (Å²) in [4.78, 5) is 23.4. The van der Waals surface area contributed by atoms with Crippen molar-refractivity contribution in [3.63, 3.8) is 0 Å². The quantitative estimate of drug-likeness (QED) is 0.307. The molecule has 0 saturated heterocycles. The molecule has 40 heavy (non-hydrogen) atoms. The number of amides is 1. The smallest absolute Gasteiger partial charge is 0.407 e. The van der Waals surface area contributed by atoms with E-state index in [4.69, 9.17) is 9.72 Å². The minimum Gasteiger partial charge on any atom is -0.444 e. The molecule has 0 aliphatic carbocycles. The number of hydrogen-bond donors (Lipinski definition) is 3. The second kappa shape index (κ2) is 10.3. The fraction of sp³-hybridized carbons (Fsp3) is 0.310. The first-order valence-electron chi connectivity index (χ1n) is 12.9. The maximum Gasteiger partial charge on any atom is 0.407 e. The molecule has 0 radical (unpaired) electrons. The lowest BCUT2D eigenvalue weighted by atomic mass is 9.87. The number of anilines is 3. The molecule has 3 N–H and O–H groups in total. The molecule has 11 heteroatoms. The average Bonchev–Trinajstić information content (AvgIpc) is 3.42. The lowest BCUT2D eigenvalue weighted by Crippen LogP contribution is -2.43. The normalized spacial score (nSPS) is 14.7. The molecule has 0 unspecified atom stereocenters. The fourth-order valence-corrected chi connectivity index (χ4v) is 4.65. The minimum absolute atomic E-state index is 0.289. The Morgan fingerprint density at radius 1 is 1.15 bits per heavy atom. The maximum absolute atomic E-state index is 12.6. The molecule has 4 aromatic rings. The molecule has 11 nitrogen and oxygen atoms in total. The molecule has 3 aromatic heterocycles. The second-order valence-corrected chi connectivity index (χ2v) is 10.8. The van der Waals surface area contributed by atoms with Gasteiger partial charge in [-0.05, 0) is 64.8 Å². The Labute approximate surface area is 232 Å². The number of ether oxygens (including phenoxy) is 1. The van der Waals surface area contributed by atoms with Crippen LogP contribution in [0.2, 0.25) is 0 Å². The summed E-state index contributed by atoms with van der Waals surface area (Å²) in [6, 6.07) is 11.5. The van der Waals surface area contributed by atoms with Crippen LogP contribution >= 0.6 is 0 Å². The molecule has 204 valence electrons. The van der Waals surface area contributed by atoms with Crippen molar-refractivity contribution in [1.82, 2.24) is 30.3 Å². The number of alkyl carbamates (subject to hydrolysis) is 1. The van der Waals surface area contributed by atoms with Gasteiger partial charge >= 0.3 is 6.09 Å². The molecule has 0 spiro atoms. The third kappa shape index (κ3) is 5.42. The van der Waals surface area contributed by atoms with Gasteiger partial charge in [0.15, 0.2) is 5.82 Å². The van der Waals surface area contributed by atoms with E-state index < -0.39 is 11.7 Å². The molecule has 1 aliphatic heterocycles. The molecule has 1 aromatic carbocycles. The standard InChI is InChI=1S/C29H31N9O2/c1-16-7-8-21-22(11-16)23-12-19(14-30)26(35-20-13-24(17(2)31-15-20)38-32-9-10-33-38)37-27(23)36-25(21)18(3)34-28(39)40-29(4,5)6/h7-13,15,18,25H,1-6H3,(H,34,39)(H2,35,36,37)/t18-,25-/m0/s1. The summed E-state index contributed by atoms with van der Waals surface area (Å²) < 4.78 is 5.48. The van der Waals surface area contributed by atoms with Gasteiger partial charge in [-0.25, -0.2) is 9.78 Å². The molecular formula is C29H31N9O2. The highest BCUT2D eigenvalue weighted by Crippen LogP contribution is 2.43. The molecule has 1 amide bonds. The number of rotatable bonds is 5. The van der Waals surface area contributed by atoms with E-state index in [1.165, 1.54) is 4.80 Å². The van der Waals surface area contributed by atoms with Crippen LogP contribution in [-0.4, -0.2) is 42.7 Å². The second-order valence-electron chi connectivity index (χ2n) is 10.8. The van der Waals surface area contributed by atoms with Crippen molar-refractivity contribution in [2.45, 2.75) is 59.2 Å². The fourth-order valence-electron chi connectivity index (χ4n) is 4.65. The number of hydrogen-bond acceptors (Lipinski definition) is 9. The number of benzene rings is 1. The Morgan fingerprint density at radius 3 is 2.60 bits per heavy atom. The summed E-state index contributed by atoms with van der Waals surface area (Å²) in [5, 5.41) is 28.1. The highest BCUT2D eigenvalue weighted by atomic mass is 16.6. The third-order valence-corrected chi connectivity index (χ3v) is 6.47. The van der Waals surface area contributed by atoms with Gasteiger partial charge in [-0.1, -0.05) is 23.8 Å². The maximum atomic E-state index is 12.6. The molecule has 1 aliphatic rings. The van der Waals surface area contributed by atoms with Crippen molar-refractivity contribution in [3.8, 4) is 22.9 Å². The van der Waals surface area contributed by atoms with Crippen molar-refractivity contribution in [1.29, 1.82) is 5.26 Å². The summed E-state index contributed by atoms with van der Waals surface area (Å²) in [6.07, 6.45) is 4.37. The van der Waals surface area contributed by atoms with Gasteiger partial charge in [-0.15, -0.1) is 4.80 Å². The Morgan fingerprint density at radius 2 is 1.90 bits per heavy atom. The number of aryl methyl sites for hydroxylation is 2. The topological polar surface area (TPSA) is 143 Å². The van der Waals surface area contributed by atoms with Crippen LogP contribution in [-0.2, 0) is 4.74 Å². The van der Waals surface area contributed by atoms with Gasteiger partial charge in [0.2, 0.25) is 0 Å². The van der Waals surface area contributed by atoms with Crippen molar-refractivity contribution in [2.75, 3.05) is 10.6 Å². The van der Waals surface area contributed by atoms with E-state index in [2.05, 4.69) is 43.3 Å². The SMILES string of the molecule is Cc1ccc2c(c1)-c1cc(C#N)c(Nc3cnc(C)c(-n4nccn4)c3)nc1N[C@H]2[C@H](C)NC(=O)OC(C)(C)C. The zero-order valence-corrected chi connectivity index (χ0v) is 23.3. The van der Waals surface area contributed by atoms with Crippen LogP contribution < -0.4 is 16.0 Å². The monoisotopic (exact) mass is 537 g/mol. The number of carbonyl (C=O) groups is 1. The first-order valence-corrected chi connectivity index (χ1v) is 12.9. The number of nitriles is 1. The molecule has 2 atom stereocenters. The Balaban J connectivity index is 1.51. The highest BCUT2D eigenvalue weighted by Gasteiger charge is 2.32. The van der Waals surface area contributed by atoms with Gasteiger partial charge in [0.05, 0.1) is 47.6 Å². The van der Waals surface area contributed by atoms with E-state index >= 15 is 0 Å². The zero-order valence-electron chi connectivity index (χ0n) is 23.3. The van der Waals surface area contributed by atoms with Gasteiger partial charge in [0.1, 0.15) is 23.2 Å². The first-order chi connectivity index (χ1) is 19.0. The van der Waals surface area contributed by atoms with Gasteiger partial charge in [-0.2, -0.15) is 15.5 Å². The minimum atomic E-state index is -0.612. The Bertz CT molecular complexity index is 1620. The van der Waals surface area contributed by atoms with E-state index in [9.17, 15) is 10.1 Å². The largest absolute Gasteiger partial charge is 0.444 e. The summed E-state index contributed by atoms with van der Waals surface area (Å²) in [5.41, 5.74) is 5.69. The average molecular weight is 538 g/mol. The van der Waals surface area contributed by atoms with Gasteiger partial charge in [0, 0.05) is 5.56 Å². The van der Waals surface area contributed by atoms with Crippen LogP contribution in [0.3, 0.4) is 0 Å².